The number of nitrogens with one attached hydrogen (secondary N) is 1. The third kappa shape index (κ3) is 6.28. The molecule has 1 heterocycles. The lowest BCUT2D eigenvalue weighted by molar-refractivity contribution is -0.384. The van der Waals surface area contributed by atoms with E-state index in [2.05, 4.69) is 10.3 Å². The van der Waals surface area contributed by atoms with Crippen LogP contribution in [0.3, 0.4) is 0 Å². The van der Waals surface area contributed by atoms with Crippen molar-refractivity contribution >= 4 is 17.7 Å². The van der Waals surface area contributed by atoms with E-state index in [9.17, 15) is 14.9 Å². The lowest BCUT2D eigenvalue weighted by Gasteiger charge is -2.07. The molecule has 0 aliphatic heterocycles. The predicted molar refractivity (Wildman–Crippen MR) is 109 cm³/mol. The van der Waals surface area contributed by atoms with Gasteiger partial charge in [0.05, 0.1) is 4.92 Å². The summed E-state index contributed by atoms with van der Waals surface area (Å²) in [5.41, 5.74) is 2.45. The van der Waals surface area contributed by atoms with E-state index in [0.29, 0.717) is 24.6 Å². The van der Waals surface area contributed by atoms with Crippen molar-refractivity contribution in [3.63, 3.8) is 0 Å². The molecule has 0 saturated heterocycles. The van der Waals surface area contributed by atoms with Gasteiger partial charge in [-0.25, -0.2) is 4.98 Å². The fourth-order valence-corrected chi connectivity index (χ4v) is 2.53. The Morgan fingerprint density at radius 1 is 1.07 bits per heavy atom. The van der Waals surface area contributed by atoms with Crippen molar-refractivity contribution in [2.24, 2.45) is 0 Å². The van der Waals surface area contributed by atoms with Crippen LogP contribution in [0.2, 0.25) is 0 Å². The molecule has 0 saturated carbocycles. The molecule has 146 valence electrons. The smallest absolute Gasteiger partial charge is 0.270 e. The van der Waals surface area contributed by atoms with Crippen LogP contribution in [0.4, 0.5) is 5.69 Å². The Morgan fingerprint density at radius 3 is 2.69 bits per heavy atom. The molecule has 0 bridgehead atoms. The van der Waals surface area contributed by atoms with E-state index >= 15 is 0 Å². The van der Waals surface area contributed by atoms with E-state index in [4.69, 9.17) is 4.74 Å². The minimum Gasteiger partial charge on any atom is -0.473 e. The fourth-order valence-electron chi connectivity index (χ4n) is 2.53. The Balaban J connectivity index is 1.52. The highest BCUT2D eigenvalue weighted by atomic mass is 16.6. The lowest BCUT2D eigenvalue weighted by atomic mass is 10.2. The van der Waals surface area contributed by atoms with Crippen LogP contribution in [0.1, 0.15) is 16.7 Å². The number of ether oxygens (including phenoxy) is 1. The highest BCUT2D eigenvalue weighted by molar-refractivity contribution is 5.91. The van der Waals surface area contributed by atoms with Gasteiger partial charge < -0.3 is 10.1 Å². The Bertz CT molecular complexity index is 1020. The van der Waals surface area contributed by atoms with Gasteiger partial charge in [0.15, 0.2) is 0 Å². The normalized spacial score (nSPS) is 10.6. The van der Waals surface area contributed by atoms with Crippen LogP contribution in [0.5, 0.6) is 5.88 Å². The van der Waals surface area contributed by atoms with Crippen molar-refractivity contribution in [2.75, 3.05) is 0 Å². The molecule has 1 amide bonds. The number of nitro groups is 1. The zero-order chi connectivity index (χ0) is 20.5. The summed E-state index contributed by atoms with van der Waals surface area (Å²) in [7, 11) is 0. The molecular weight excluding hydrogens is 370 g/mol. The van der Waals surface area contributed by atoms with Crippen LogP contribution in [0.25, 0.3) is 6.08 Å². The molecule has 7 heteroatoms. The summed E-state index contributed by atoms with van der Waals surface area (Å²) in [6, 6.07) is 19.4. The highest BCUT2D eigenvalue weighted by Gasteiger charge is 2.05. The molecule has 0 atom stereocenters. The van der Waals surface area contributed by atoms with Gasteiger partial charge in [-0.15, -0.1) is 0 Å². The molecule has 7 nitrogen and oxygen atoms in total. The largest absolute Gasteiger partial charge is 0.473 e. The molecule has 0 aliphatic carbocycles. The number of non-ortho nitro benzene ring substituents is 1. The average molecular weight is 389 g/mol. The minimum atomic E-state index is -0.474. The summed E-state index contributed by atoms with van der Waals surface area (Å²) in [6.07, 6.45) is 4.50. The maximum absolute atomic E-state index is 12.0. The van der Waals surface area contributed by atoms with Gasteiger partial charge in [0.25, 0.3) is 5.69 Å². The standard InChI is InChI=1S/C22H19N3O4/c26-21(10-9-17-7-4-8-20(13-17)25(27)28)24-15-19-11-12-23-22(14-19)29-16-18-5-2-1-3-6-18/h1-14H,15-16H2,(H,24,26)/b10-9+. The molecule has 1 aromatic heterocycles. The van der Waals surface area contributed by atoms with Gasteiger partial charge in [0.1, 0.15) is 6.61 Å². The number of carbonyl (C=O) groups excluding carboxylic acids is 1. The monoisotopic (exact) mass is 389 g/mol. The second kappa shape index (κ2) is 9.80. The molecule has 2 aromatic carbocycles. The molecular formula is C22H19N3O4. The number of nitrogens with zero attached hydrogens (tertiary/aromatic N) is 2. The fraction of sp³-hybridized carbons (Fsp3) is 0.0909. The number of carbonyl (C=O) groups is 1. The number of pyridine rings is 1. The first-order valence-corrected chi connectivity index (χ1v) is 8.92. The predicted octanol–water partition coefficient (Wildman–Crippen LogP) is 3.90. The summed E-state index contributed by atoms with van der Waals surface area (Å²) < 4.78 is 5.68. The van der Waals surface area contributed by atoms with Crippen LogP contribution in [0, 0.1) is 10.1 Å². The first-order valence-electron chi connectivity index (χ1n) is 8.92. The van der Waals surface area contributed by atoms with Gasteiger partial charge in [-0.3, -0.25) is 14.9 Å². The van der Waals surface area contributed by atoms with Crippen molar-refractivity contribution in [2.45, 2.75) is 13.2 Å². The van der Waals surface area contributed by atoms with Gasteiger partial charge >= 0.3 is 0 Å². The summed E-state index contributed by atoms with van der Waals surface area (Å²) in [5, 5.41) is 13.6. The molecule has 0 fully saturated rings. The van der Waals surface area contributed by atoms with Crippen LogP contribution >= 0.6 is 0 Å². The summed E-state index contributed by atoms with van der Waals surface area (Å²) in [6.45, 7) is 0.720. The number of rotatable bonds is 8. The SMILES string of the molecule is O=C(/C=C/c1cccc([N+](=O)[O-])c1)NCc1ccnc(OCc2ccccc2)c1. The van der Waals surface area contributed by atoms with E-state index in [1.165, 1.54) is 24.3 Å². The Hall–Kier alpha value is -4.00. The zero-order valence-electron chi connectivity index (χ0n) is 15.5. The second-order valence-electron chi connectivity index (χ2n) is 6.18. The Kier molecular flexibility index (Phi) is 6.67. The van der Waals surface area contributed by atoms with E-state index in [1.54, 1.807) is 30.5 Å². The third-order valence-electron chi connectivity index (χ3n) is 4.00. The van der Waals surface area contributed by atoms with E-state index in [1.807, 2.05) is 30.3 Å². The van der Waals surface area contributed by atoms with Gasteiger partial charge in [0, 0.05) is 37.0 Å². The highest BCUT2D eigenvalue weighted by Crippen LogP contribution is 2.14. The van der Waals surface area contributed by atoms with Gasteiger partial charge in [-0.1, -0.05) is 42.5 Å². The van der Waals surface area contributed by atoms with Crippen molar-refractivity contribution in [1.82, 2.24) is 10.3 Å². The third-order valence-corrected chi connectivity index (χ3v) is 4.00. The number of amides is 1. The number of hydrogen-bond acceptors (Lipinski definition) is 5. The average Bonchev–Trinajstić information content (AvgIpc) is 2.76. The molecule has 29 heavy (non-hydrogen) atoms. The van der Waals surface area contributed by atoms with Crippen LogP contribution in [-0.2, 0) is 17.9 Å². The van der Waals surface area contributed by atoms with Gasteiger partial charge in [-0.2, -0.15) is 0 Å². The Labute approximate surface area is 167 Å². The maximum Gasteiger partial charge on any atom is 0.270 e. The van der Waals surface area contributed by atoms with Crippen LogP contribution < -0.4 is 10.1 Å². The van der Waals surface area contributed by atoms with Crippen LogP contribution in [0.15, 0.2) is 79.0 Å². The molecule has 1 N–H and O–H groups in total. The van der Waals surface area contributed by atoms with Crippen molar-refractivity contribution in [1.29, 1.82) is 0 Å². The maximum atomic E-state index is 12.0. The minimum absolute atomic E-state index is 0.0209. The summed E-state index contributed by atoms with van der Waals surface area (Å²) in [4.78, 5) is 26.5. The molecule has 3 rings (SSSR count). The molecule has 3 aromatic rings. The summed E-state index contributed by atoms with van der Waals surface area (Å²) in [5.74, 6) is 0.174. The number of hydrogen-bond donors (Lipinski definition) is 1. The lowest BCUT2D eigenvalue weighted by Crippen LogP contribution is -2.20. The number of aromatic nitrogens is 1. The number of nitro benzene ring substituents is 1. The molecule has 0 aliphatic rings. The van der Waals surface area contributed by atoms with Gasteiger partial charge in [-0.05, 0) is 28.8 Å². The van der Waals surface area contributed by atoms with Crippen LogP contribution in [-0.4, -0.2) is 15.8 Å². The zero-order valence-corrected chi connectivity index (χ0v) is 15.5. The first kappa shape index (κ1) is 19.8. The topological polar surface area (TPSA) is 94.4 Å². The quantitative estimate of drug-likeness (QED) is 0.358. The van der Waals surface area contributed by atoms with Crippen molar-refractivity contribution < 1.29 is 14.5 Å². The van der Waals surface area contributed by atoms with E-state index in [-0.39, 0.29) is 11.6 Å². The first-order chi connectivity index (χ1) is 14.1. The van der Waals surface area contributed by atoms with E-state index in [0.717, 1.165) is 11.1 Å². The second-order valence-corrected chi connectivity index (χ2v) is 6.18. The van der Waals surface area contributed by atoms with Crippen molar-refractivity contribution in [3.05, 3.63) is 106 Å². The van der Waals surface area contributed by atoms with Crippen molar-refractivity contribution in [3.8, 4) is 5.88 Å². The Morgan fingerprint density at radius 2 is 1.90 bits per heavy atom. The molecule has 0 spiro atoms. The number of benzene rings is 2. The van der Waals surface area contributed by atoms with Gasteiger partial charge in [0.2, 0.25) is 11.8 Å². The molecule has 0 unspecified atom stereocenters. The van der Waals surface area contributed by atoms with E-state index < -0.39 is 4.92 Å². The summed E-state index contributed by atoms with van der Waals surface area (Å²) >= 11 is 0. The molecule has 0 radical (unpaired) electrons.